The molecule has 0 aliphatic rings. The third-order valence-electron chi connectivity index (χ3n) is 1.51. The molecule has 13 heavy (non-hydrogen) atoms. The lowest BCUT2D eigenvalue weighted by molar-refractivity contribution is 0.305. The van der Waals surface area contributed by atoms with Crippen LogP contribution < -0.4 is 10.1 Å². The van der Waals surface area contributed by atoms with Gasteiger partial charge in [-0.05, 0) is 13.3 Å². The number of aromatic nitrogens is 2. The van der Waals surface area contributed by atoms with Crippen molar-refractivity contribution in [2.75, 3.05) is 19.0 Å². The molecule has 0 fully saturated rings. The highest BCUT2D eigenvalue weighted by Gasteiger charge is 2.00. The Morgan fingerprint density at radius 1 is 1.46 bits per heavy atom. The maximum Gasteiger partial charge on any atom is 0.225 e. The van der Waals surface area contributed by atoms with Crippen LogP contribution in [-0.4, -0.2) is 23.6 Å². The van der Waals surface area contributed by atoms with Crippen LogP contribution in [0.15, 0.2) is 6.07 Å². The van der Waals surface area contributed by atoms with E-state index < -0.39 is 0 Å². The lowest BCUT2D eigenvalue weighted by atomic mass is 10.4. The lowest BCUT2D eigenvalue weighted by Gasteiger charge is -2.05. The number of ether oxygens (including phenoxy) is 1. The van der Waals surface area contributed by atoms with Gasteiger partial charge in [0.25, 0.3) is 0 Å². The van der Waals surface area contributed by atoms with Gasteiger partial charge in [-0.1, -0.05) is 6.92 Å². The molecular weight excluding hydrogens is 166 g/mol. The van der Waals surface area contributed by atoms with E-state index in [2.05, 4.69) is 22.2 Å². The molecule has 0 aliphatic carbocycles. The smallest absolute Gasteiger partial charge is 0.225 e. The van der Waals surface area contributed by atoms with Crippen molar-refractivity contribution in [1.29, 1.82) is 0 Å². The van der Waals surface area contributed by atoms with Crippen LogP contribution >= 0.6 is 0 Å². The molecule has 1 aromatic rings. The van der Waals surface area contributed by atoms with Crippen molar-refractivity contribution in [3.63, 3.8) is 0 Å². The maximum absolute atomic E-state index is 5.39. The zero-order chi connectivity index (χ0) is 9.68. The number of nitrogens with one attached hydrogen (secondary N) is 1. The van der Waals surface area contributed by atoms with Gasteiger partial charge in [0.15, 0.2) is 0 Å². The van der Waals surface area contributed by atoms with Crippen LogP contribution in [0.5, 0.6) is 5.88 Å². The normalized spacial score (nSPS) is 9.77. The van der Waals surface area contributed by atoms with Gasteiger partial charge in [-0.25, -0.2) is 4.98 Å². The second kappa shape index (κ2) is 4.64. The molecule has 0 radical (unpaired) electrons. The van der Waals surface area contributed by atoms with Crippen LogP contribution in [0.25, 0.3) is 0 Å². The Bertz CT molecular complexity index is 276. The third kappa shape index (κ3) is 2.89. The molecule has 0 atom stereocenters. The summed E-state index contributed by atoms with van der Waals surface area (Å²) in [6.45, 7) is 4.67. The Hall–Kier alpha value is -1.32. The van der Waals surface area contributed by atoms with E-state index >= 15 is 0 Å². The highest BCUT2D eigenvalue weighted by atomic mass is 16.5. The first-order valence-corrected chi connectivity index (χ1v) is 4.42. The molecule has 72 valence electrons. The molecule has 4 nitrogen and oxygen atoms in total. The van der Waals surface area contributed by atoms with E-state index in [0.29, 0.717) is 18.4 Å². The summed E-state index contributed by atoms with van der Waals surface area (Å²) in [5.41, 5.74) is 0.908. The number of anilines is 1. The molecule has 0 unspecified atom stereocenters. The molecule has 0 saturated carbocycles. The molecule has 1 rings (SSSR count). The SMILES string of the molecule is CCCOc1cc(C)nc(NC)n1. The minimum absolute atomic E-state index is 0.603. The molecule has 0 saturated heterocycles. The zero-order valence-corrected chi connectivity index (χ0v) is 8.29. The van der Waals surface area contributed by atoms with E-state index in [9.17, 15) is 0 Å². The fourth-order valence-corrected chi connectivity index (χ4v) is 0.932. The van der Waals surface area contributed by atoms with Crippen molar-refractivity contribution in [2.24, 2.45) is 0 Å². The van der Waals surface area contributed by atoms with E-state index in [1.807, 2.05) is 13.0 Å². The average molecular weight is 181 g/mol. The molecule has 0 spiro atoms. The first kappa shape index (κ1) is 9.77. The fourth-order valence-electron chi connectivity index (χ4n) is 0.932. The maximum atomic E-state index is 5.39. The van der Waals surface area contributed by atoms with Crippen molar-refractivity contribution in [3.8, 4) is 5.88 Å². The summed E-state index contributed by atoms with van der Waals surface area (Å²) >= 11 is 0. The van der Waals surface area contributed by atoms with Crippen LogP contribution in [0.3, 0.4) is 0 Å². The van der Waals surface area contributed by atoms with Gasteiger partial charge in [0.2, 0.25) is 11.8 Å². The molecule has 1 N–H and O–H groups in total. The van der Waals surface area contributed by atoms with Gasteiger partial charge in [0.05, 0.1) is 6.61 Å². The highest BCUT2D eigenvalue weighted by molar-refractivity contribution is 5.29. The largest absolute Gasteiger partial charge is 0.478 e. The van der Waals surface area contributed by atoms with Crippen molar-refractivity contribution in [2.45, 2.75) is 20.3 Å². The van der Waals surface area contributed by atoms with Gasteiger partial charge in [-0.2, -0.15) is 4.98 Å². The van der Waals surface area contributed by atoms with Gasteiger partial charge in [0.1, 0.15) is 0 Å². The number of hydrogen-bond donors (Lipinski definition) is 1. The number of hydrogen-bond acceptors (Lipinski definition) is 4. The summed E-state index contributed by atoms with van der Waals surface area (Å²) in [5, 5.41) is 2.88. The monoisotopic (exact) mass is 181 g/mol. The highest BCUT2D eigenvalue weighted by Crippen LogP contribution is 2.11. The van der Waals surface area contributed by atoms with Crippen LogP contribution in [0, 0.1) is 6.92 Å². The number of aryl methyl sites for hydroxylation is 1. The third-order valence-corrected chi connectivity index (χ3v) is 1.51. The predicted molar refractivity (Wildman–Crippen MR) is 52.1 cm³/mol. The van der Waals surface area contributed by atoms with Crippen molar-refractivity contribution in [1.82, 2.24) is 9.97 Å². The fraction of sp³-hybridized carbons (Fsp3) is 0.556. The molecule has 4 heteroatoms. The Morgan fingerprint density at radius 2 is 2.23 bits per heavy atom. The summed E-state index contributed by atoms with van der Waals surface area (Å²) in [7, 11) is 1.79. The average Bonchev–Trinajstić information content (AvgIpc) is 2.14. The van der Waals surface area contributed by atoms with Gasteiger partial charge in [0, 0.05) is 18.8 Å². The quantitative estimate of drug-likeness (QED) is 0.766. The van der Waals surface area contributed by atoms with Crippen LogP contribution in [0.1, 0.15) is 19.0 Å². The molecule has 1 heterocycles. The molecule has 0 amide bonds. The van der Waals surface area contributed by atoms with Gasteiger partial charge in [-0.15, -0.1) is 0 Å². The van der Waals surface area contributed by atoms with Crippen molar-refractivity contribution < 1.29 is 4.74 Å². The molecule has 0 bridgehead atoms. The van der Waals surface area contributed by atoms with Gasteiger partial charge < -0.3 is 10.1 Å². The topological polar surface area (TPSA) is 47.0 Å². The van der Waals surface area contributed by atoms with E-state index in [-0.39, 0.29) is 0 Å². The second-order valence-electron chi connectivity index (χ2n) is 2.77. The minimum Gasteiger partial charge on any atom is -0.478 e. The summed E-state index contributed by atoms with van der Waals surface area (Å²) in [6, 6.07) is 1.83. The standard InChI is InChI=1S/C9H15N3O/c1-4-5-13-8-6-7(2)11-9(10-3)12-8/h6H,4-5H2,1-3H3,(H,10,11,12). The number of rotatable bonds is 4. The van der Waals surface area contributed by atoms with E-state index in [4.69, 9.17) is 4.74 Å². The van der Waals surface area contributed by atoms with Crippen molar-refractivity contribution in [3.05, 3.63) is 11.8 Å². The van der Waals surface area contributed by atoms with E-state index in [1.165, 1.54) is 0 Å². The Morgan fingerprint density at radius 3 is 2.85 bits per heavy atom. The molecule has 0 aliphatic heterocycles. The minimum atomic E-state index is 0.603. The summed E-state index contributed by atoms with van der Waals surface area (Å²) in [4.78, 5) is 8.30. The Kier molecular flexibility index (Phi) is 3.49. The molecular formula is C9H15N3O. The zero-order valence-electron chi connectivity index (χ0n) is 8.29. The van der Waals surface area contributed by atoms with E-state index in [0.717, 1.165) is 12.1 Å². The lowest BCUT2D eigenvalue weighted by Crippen LogP contribution is -2.02. The van der Waals surface area contributed by atoms with E-state index in [1.54, 1.807) is 7.05 Å². The molecule has 0 aromatic carbocycles. The van der Waals surface area contributed by atoms with Crippen molar-refractivity contribution >= 4 is 5.95 Å². The Labute approximate surface area is 78.4 Å². The molecule has 1 aromatic heterocycles. The first-order valence-electron chi connectivity index (χ1n) is 4.42. The van der Waals surface area contributed by atoms with Gasteiger partial charge in [-0.3, -0.25) is 0 Å². The summed E-state index contributed by atoms with van der Waals surface area (Å²) < 4.78 is 5.39. The summed E-state index contributed by atoms with van der Waals surface area (Å²) in [5.74, 6) is 1.24. The number of nitrogens with zero attached hydrogens (tertiary/aromatic N) is 2. The Balaban J connectivity index is 2.76. The van der Waals surface area contributed by atoms with Gasteiger partial charge >= 0.3 is 0 Å². The predicted octanol–water partition coefficient (Wildman–Crippen LogP) is 1.62. The first-order chi connectivity index (χ1) is 6.26. The van der Waals surface area contributed by atoms with Crippen LogP contribution in [-0.2, 0) is 0 Å². The second-order valence-corrected chi connectivity index (χ2v) is 2.77. The summed E-state index contributed by atoms with van der Waals surface area (Å²) in [6.07, 6.45) is 0.984. The van der Waals surface area contributed by atoms with Crippen LogP contribution in [0.2, 0.25) is 0 Å². The van der Waals surface area contributed by atoms with Crippen LogP contribution in [0.4, 0.5) is 5.95 Å².